The zero-order valence-electron chi connectivity index (χ0n) is 26.5. The van der Waals surface area contributed by atoms with Crippen LogP contribution in [0.5, 0.6) is 5.75 Å². The Balaban J connectivity index is 1.37. The molecular formula is C37H40FN3O5S. The van der Waals surface area contributed by atoms with Crippen molar-refractivity contribution in [3.63, 3.8) is 0 Å². The maximum atomic E-state index is 14.0. The summed E-state index contributed by atoms with van der Waals surface area (Å²) in [6, 6.07) is 28.6. The van der Waals surface area contributed by atoms with Crippen molar-refractivity contribution in [2.75, 3.05) is 20.2 Å². The summed E-state index contributed by atoms with van der Waals surface area (Å²) in [5, 5.41) is 3.01. The van der Waals surface area contributed by atoms with Gasteiger partial charge in [-0.3, -0.25) is 9.59 Å². The van der Waals surface area contributed by atoms with Crippen molar-refractivity contribution in [3.8, 4) is 5.75 Å². The number of carbonyl (C=O) groups excluding carboxylic acids is 2. The SMILES string of the molecule is COc1ccccc1CNC(=O)C(Cc1ccccc1)N(Cc1ccc(F)cc1)C(=O)CCc1ccc(S(=O)(=O)N2CCCC2)cc1. The molecule has 1 N–H and O–H groups in total. The minimum Gasteiger partial charge on any atom is -0.496 e. The van der Waals surface area contributed by atoms with E-state index in [1.165, 1.54) is 16.4 Å². The molecule has 10 heteroatoms. The number of rotatable bonds is 14. The van der Waals surface area contributed by atoms with Crippen molar-refractivity contribution in [2.45, 2.75) is 56.1 Å². The Bertz CT molecular complexity index is 1740. The normalized spacial score (nSPS) is 14.0. The monoisotopic (exact) mass is 657 g/mol. The maximum Gasteiger partial charge on any atom is 0.243 e. The van der Waals surface area contributed by atoms with E-state index >= 15 is 0 Å². The van der Waals surface area contributed by atoms with E-state index in [9.17, 15) is 22.4 Å². The molecule has 1 fully saturated rings. The first-order valence-corrected chi connectivity index (χ1v) is 17.2. The van der Waals surface area contributed by atoms with Gasteiger partial charge in [-0.15, -0.1) is 0 Å². The van der Waals surface area contributed by atoms with Crippen LogP contribution in [0, 0.1) is 5.82 Å². The Hall–Kier alpha value is -4.54. The number of amides is 2. The van der Waals surface area contributed by atoms with Crippen LogP contribution in [-0.4, -0.2) is 55.7 Å². The van der Waals surface area contributed by atoms with E-state index in [2.05, 4.69) is 5.32 Å². The highest BCUT2D eigenvalue weighted by Crippen LogP contribution is 2.23. The number of halogens is 1. The number of nitrogens with one attached hydrogen (secondary N) is 1. The number of nitrogens with zero attached hydrogens (tertiary/aromatic N) is 2. The molecule has 246 valence electrons. The van der Waals surface area contributed by atoms with Crippen LogP contribution in [0.4, 0.5) is 4.39 Å². The molecule has 0 radical (unpaired) electrons. The van der Waals surface area contributed by atoms with Gasteiger partial charge in [0.2, 0.25) is 21.8 Å². The van der Waals surface area contributed by atoms with E-state index in [4.69, 9.17) is 4.74 Å². The Morgan fingerprint density at radius 3 is 2.17 bits per heavy atom. The largest absolute Gasteiger partial charge is 0.496 e. The molecule has 4 aromatic rings. The second kappa shape index (κ2) is 15.8. The molecule has 2 amide bonds. The summed E-state index contributed by atoms with van der Waals surface area (Å²) in [5.41, 5.74) is 3.18. The lowest BCUT2D eigenvalue weighted by atomic mass is 10.0. The zero-order chi connectivity index (χ0) is 33.2. The minimum absolute atomic E-state index is 0.0878. The number of ether oxygens (including phenoxy) is 1. The maximum absolute atomic E-state index is 14.0. The molecule has 1 aliphatic heterocycles. The molecule has 0 aliphatic carbocycles. The van der Waals surface area contributed by atoms with Crippen LogP contribution < -0.4 is 10.1 Å². The topological polar surface area (TPSA) is 96.0 Å². The van der Waals surface area contributed by atoms with Crippen LogP contribution in [0.25, 0.3) is 0 Å². The van der Waals surface area contributed by atoms with Crippen LogP contribution in [0.1, 0.15) is 41.5 Å². The van der Waals surface area contributed by atoms with Crippen LogP contribution in [0.3, 0.4) is 0 Å². The Morgan fingerprint density at radius 2 is 1.49 bits per heavy atom. The molecule has 8 nitrogen and oxygen atoms in total. The summed E-state index contributed by atoms with van der Waals surface area (Å²) < 4.78 is 46.7. The molecule has 1 atom stereocenters. The first-order chi connectivity index (χ1) is 22.7. The lowest BCUT2D eigenvalue weighted by molar-refractivity contribution is -0.141. The van der Waals surface area contributed by atoms with Gasteiger partial charge in [0.15, 0.2) is 0 Å². The van der Waals surface area contributed by atoms with E-state index in [0.717, 1.165) is 29.5 Å². The Labute approximate surface area is 276 Å². The van der Waals surface area contributed by atoms with Crippen LogP contribution >= 0.6 is 0 Å². The molecular weight excluding hydrogens is 617 g/mol. The van der Waals surface area contributed by atoms with Crippen molar-refractivity contribution in [2.24, 2.45) is 0 Å². The molecule has 0 spiro atoms. The molecule has 47 heavy (non-hydrogen) atoms. The van der Waals surface area contributed by atoms with Crippen molar-refractivity contribution in [3.05, 3.63) is 131 Å². The van der Waals surface area contributed by atoms with Gasteiger partial charge in [0.1, 0.15) is 17.6 Å². The standard InChI is InChI=1S/C37H40FN3O5S/c1-46-35-12-6-5-11-31(35)26-39-37(43)34(25-29-9-3-2-4-10-29)41(27-30-13-18-32(38)19-14-30)36(42)22-17-28-15-20-33(21-16-28)47(44,45)40-23-7-8-24-40/h2-6,9-16,18-21,34H,7-8,17,22-27H2,1H3,(H,39,43). The van der Waals surface area contributed by atoms with Crippen LogP contribution in [-0.2, 0) is 45.5 Å². The lowest BCUT2D eigenvalue weighted by Gasteiger charge is -2.32. The summed E-state index contributed by atoms with van der Waals surface area (Å²) in [6.07, 6.45) is 2.43. The van der Waals surface area contributed by atoms with Gasteiger partial charge in [0.25, 0.3) is 0 Å². The molecule has 1 aliphatic rings. The molecule has 1 saturated heterocycles. The first-order valence-electron chi connectivity index (χ1n) is 15.8. The number of benzene rings is 4. The van der Waals surface area contributed by atoms with Gasteiger partial charge in [0, 0.05) is 44.6 Å². The Morgan fingerprint density at radius 1 is 0.851 bits per heavy atom. The van der Waals surface area contributed by atoms with Crippen molar-refractivity contribution >= 4 is 21.8 Å². The summed E-state index contributed by atoms with van der Waals surface area (Å²) in [4.78, 5) is 29.8. The van der Waals surface area contributed by atoms with E-state index < -0.39 is 21.9 Å². The molecule has 1 heterocycles. The highest BCUT2D eigenvalue weighted by atomic mass is 32.2. The average Bonchev–Trinajstić information content (AvgIpc) is 3.66. The van der Waals surface area contributed by atoms with Gasteiger partial charge in [-0.1, -0.05) is 72.8 Å². The predicted molar refractivity (Wildman–Crippen MR) is 178 cm³/mol. The highest BCUT2D eigenvalue weighted by Gasteiger charge is 2.31. The van der Waals surface area contributed by atoms with Gasteiger partial charge >= 0.3 is 0 Å². The van der Waals surface area contributed by atoms with Gasteiger partial charge in [-0.25, -0.2) is 12.8 Å². The summed E-state index contributed by atoms with van der Waals surface area (Å²) in [6.45, 7) is 1.36. The fourth-order valence-corrected chi connectivity index (χ4v) is 7.31. The zero-order valence-corrected chi connectivity index (χ0v) is 27.3. The van der Waals surface area contributed by atoms with Gasteiger partial charge in [0.05, 0.1) is 12.0 Å². The first kappa shape index (κ1) is 33.8. The predicted octanol–water partition coefficient (Wildman–Crippen LogP) is 5.51. The van der Waals surface area contributed by atoms with Crippen molar-refractivity contribution < 1.29 is 27.1 Å². The molecule has 5 rings (SSSR count). The number of hydrogen-bond donors (Lipinski definition) is 1. The molecule has 0 bridgehead atoms. The second-order valence-electron chi connectivity index (χ2n) is 11.6. The summed E-state index contributed by atoms with van der Waals surface area (Å²) in [5.74, 6) is -0.328. The summed E-state index contributed by atoms with van der Waals surface area (Å²) in [7, 11) is -1.97. The van der Waals surface area contributed by atoms with Gasteiger partial charge in [-0.2, -0.15) is 4.31 Å². The van der Waals surface area contributed by atoms with Gasteiger partial charge in [-0.05, 0) is 66.3 Å². The second-order valence-corrected chi connectivity index (χ2v) is 13.6. The minimum atomic E-state index is -3.54. The van der Waals surface area contributed by atoms with E-state index in [1.807, 2.05) is 54.6 Å². The molecule has 0 saturated carbocycles. The summed E-state index contributed by atoms with van der Waals surface area (Å²) >= 11 is 0. The highest BCUT2D eigenvalue weighted by molar-refractivity contribution is 7.89. The molecule has 1 unspecified atom stereocenters. The number of para-hydroxylation sites is 1. The van der Waals surface area contributed by atoms with Crippen LogP contribution in [0.2, 0.25) is 0 Å². The number of hydrogen-bond acceptors (Lipinski definition) is 5. The molecule has 4 aromatic carbocycles. The third kappa shape index (κ3) is 8.84. The van der Waals surface area contributed by atoms with E-state index in [1.54, 1.807) is 48.4 Å². The lowest BCUT2D eigenvalue weighted by Crippen LogP contribution is -2.50. The number of carbonyl (C=O) groups is 2. The van der Waals surface area contributed by atoms with Gasteiger partial charge < -0.3 is 15.0 Å². The fourth-order valence-electron chi connectivity index (χ4n) is 5.79. The average molecular weight is 658 g/mol. The van der Waals surface area contributed by atoms with Crippen molar-refractivity contribution in [1.82, 2.24) is 14.5 Å². The third-order valence-electron chi connectivity index (χ3n) is 8.44. The van der Waals surface area contributed by atoms with E-state index in [-0.39, 0.29) is 42.6 Å². The smallest absolute Gasteiger partial charge is 0.243 e. The molecule has 0 aromatic heterocycles. The number of methoxy groups -OCH3 is 1. The van der Waals surface area contributed by atoms with Crippen LogP contribution in [0.15, 0.2) is 108 Å². The fraction of sp³-hybridized carbons (Fsp3) is 0.297. The van der Waals surface area contributed by atoms with E-state index in [0.29, 0.717) is 30.8 Å². The number of sulfonamides is 1. The quantitative estimate of drug-likeness (QED) is 0.193. The van der Waals surface area contributed by atoms with Crippen molar-refractivity contribution in [1.29, 1.82) is 0 Å². The Kier molecular flexibility index (Phi) is 11.4. The number of aryl methyl sites for hydroxylation is 1. The third-order valence-corrected chi connectivity index (χ3v) is 10.3.